The maximum absolute atomic E-state index is 14.2. The monoisotopic (exact) mass is 523 g/mol. The van der Waals surface area contributed by atoms with Crippen LogP contribution in [0.1, 0.15) is 61.1 Å². The van der Waals surface area contributed by atoms with Gasteiger partial charge in [-0.1, -0.05) is 24.1 Å². The number of carbonyl (C=O) groups is 2. The summed E-state index contributed by atoms with van der Waals surface area (Å²) in [5.74, 6) is -2.62. The number of pyridine rings is 1. The van der Waals surface area contributed by atoms with Crippen molar-refractivity contribution in [3.05, 3.63) is 71.7 Å². The van der Waals surface area contributed by atoms with Gasteiger partial charge in [-0.15, -0.1) is 0 Å². The molecule has 2 aromatic heterocycles. The molecule has 0 spiro atoms. The molecule has 2 fully saturated rings. The van der Waals surface area contributed by atoms with Gasteiger partial charge in [-0.3, -0.25) is 19.5 Å². The maximum Gasteiger partial charge on any atom is 0.273 e. The SMILES string of the molecule is C[C@@H](NC(=O)[C@H]1CN(C2CCCC2)CC[C@@H]1NC(=O)c1cc(-c2ccc(F)cc2F)on1)c1cccnc1. The number of amides is 2. The van der Waals surface area contributed by atoms with Crippen LogP contribution in [0.5, 0.6) is 0 Å². The Labute approximate surface area is 219 Å². The topological polar surface area (TPSA) is 100 Å². The molecule has 2 aliphatic rings. The first-order valence-corrected chi connectivity index (χ1v) is 13.1. The minimum Gasteiger partial charge on any atom is -0.355 e. The second-order valence-corrected chi connectivity index (χ2v) is 10.1. The molecule has 1 saturated heterocycles. The minimum absolute atomic E-state index is 0.00413. The molecule has 1 aromatic carbocycles. The number of rotatable bonds is 7. The molecule has 3 heterocycles. The van der Waals surface area contributed by atoms with Crippen molar-refractivity contribution in [2.75, 3.05) is 13.1 Å². The zero-order chi connectivity index (χ0) is 26.6. The average Bonchev–Trinajstić information content (AvgIpc) is 3.62. The van der Waals surface area contributed by atoms with E-state index in [4.69, 9.17) is 4.52 Å². The normalized spacial score (nSPS) is 21.2. The fourth-order valence-electron chi connectivity index (χ4n) is 5.49. The van der Waals surface area contributed by atoms with Gasteiger partial charge in [0.25, 0.3) is 5.91 Å². The van der Waals surface area contributed by atoms with Crippen molar-refractivity contribution in [3.63, 3.8) is 0 Å². The molecule has 0 unspecified atom stereocenters. The smallest absolute Gasteiger partial charge is 0.273 e. The average molecular weight is 524 g/mol. The first-order chi connectivity index (χ1) is 18.4. The zero-order valence-corrected chi connectivity index (χ0v) is 21.2. The predicted octanol–water partition coefficient (Wildman–Crippen LogP) is 4.26. The molecule has 5 rings (SSSR count). The summed E-state index contributed by atoms with van der Waals surface area (Å²) >= 11 is 0. The number of benzene rings is 1. The minimum atomic E-state index is -0.813. The number of aromatic nitrogens is 2. The number of likely N-dealkylation sites (tertiary alicyclic amines) is 1. The highest BCUT2D eigenvalue weighted by Gasteiger charge is 2.39. The molecular formula is C28H31F2N5O3. The summed E-state index contributed by atoms with van der Waals surface area (Å²) < 4.78 is 32.6. The summed E-state index contributed by atoms with van der Waals surface area (Å²) in [6.07, 6.45) is 8.65. The Morgan fingerprint density at radius 3 is 2.68 bits per heavy atom. The third kappa shape index (κ3) is 5.75. The molecule has 1 aliphatic heterocycles. The van der Waals surface area contributed by atoms with Crippen LogP contribution in [0, 0.1) is 17.6 Å². The second-order valence-electron chi connectivity index (χ2n) is 10.1. The van der Waals surface area contributed by atoms with Crippen molar-refractivity contribution in [1.82, 2.24) is 25.7 Å². The highest BCUT2D eigenvalue weighted by atomic mass is 19.1. The van der Waals surface area contributed by atoms with E-state index in [1.165, 1.54) is 25.0 Å². The summed E-state index contributed by atoms with van der Waals surface area (Å²) in [6.45, 7) is 3.24. The summed E-state index contributed by atoms with van der Waals surface area (Å²) in [5.41, 5.74) is 0.863. The van der Waals surface area contributed by atoms with Crippen LogP contribution in [0.15, 0.2) is 53.3 Å². The fraction of sp³-hybridized carbons (Fsp3) is 0.429. The second kappa shape index (κ2) is 11.4. The van der Waals surface area contributed by atoms with E-state index in [2.05, 4.69) is 25.7 Å². The molecule has 1 saturated carbocycles. The van der Waals surface area contributed by atoms with Gasteiger partial charge in [0.1, 0.15) is 11.6 Å². The van der Waals surface area contributed by atoms with Crippen LogP contribution in [0.2, 0.25) is 0 Å². The summed E-state index contributed by atoms with van der Waals surface area (Å²) in [7, 11) is 0. The summed E-state index contributed by atoms with van der Waals surface area (Å²) in [4.78, 5) is 33.1. The lowest BCUT2D eigenvalue weighted by molar-refractivity contribution is -0.128. The molecular weight excluding hydrogens is 492 g/mol. The van der Waals surface area contributed by atoms with Crippen molar-refractivity contribution in [1.29, 1.82) is 0 Å². The van der Waals surface area contributed by atoms with Gasteiger partial charge in [0.15, 0.2) is 11.5 Å². The molecule has 10 heteroatoms. The molecule has 0 radical (unpaired) electrons. The van der Waals surface area contributed by atoms with E-state index in [1.807, 2.05) is 19.1 Å². The Morgan fingerprint density at radius 2 is 1.95 bits per heavy atom. The number of piperidine rings is 1. The quantitative estimate of drug-likeness (QED) is 0.480. The van der Waals surface area contributed by atoms with Crippen LogP contribution in [-0.4, -0.2) is 52.0 Å². The van der Waals surface area contributed by atoms with Crippen LogP contribution in [0.4, 0.5) is 8.78 Å². The van der Waals surface area contributed by atoms with Crippen LogP contribution < -0.4 is 10.6 Å². The van der Waals surface area contributed by atoms with E-state index in [9.17, 15) is 18.4 Å². The largest absolute Gasteiger partial charge is 0.355 e. The lowest BCUT2D eigenvalue weighted by Gasteiger charge is -2.41. The first-order valence-electron chi connectivity index (χ1n) is 13.1. The molecule has 2 N–H and O–H groups in total. The Morgan fingerprint density at radius 1 is 1.13 bits per heavy atom. The van der Waals surface area contributed by atoms with Crippen molar-refractivity contribution in [2.45, 2.75) is 57.2 Å². The number of halogens is 2. The van der Waals surface area contributed by atoms with Crippen LogP contribution in [0.25, 0.3) is 11.3 Å². The lowest BCUT2D eigenvalue weighted by Crippen LogP contribution is -2.57. The maximum atomic E-state index is 14.2. The van der Waals surface area contributed by atoms with Gasteiger partial charge < -0.3 is 15.2 Å². The molecule has 8 nitrogen and oxygen atoms in total. The van der Waals surface area contributed by atoms with Crippen molar-refractivity contribution >= 4 is 11.8 Å². The van der Waals surface area contributed by atoms with E-state index in [1.54, 1.807) is 12.4 Å². The Balaban J connectivity index is 1.30. The molecule has 3 aromatic rings. The van der Waals surface area contributed by atoms with E-state index >= 15 is 0 Å². The number of nitrogens with zero attached hydrogens (tertiary/aromatic N) is 3. The van der Waals surface area contributed by atoms with E-state index < -0.39 is 29.5 Å². The van der Waals surface area contributed by atoms with Gasteiger partial charge in [0.2, 0.25) is 5.91 Å². The standard InChI is InChI=1S/C28H31F2N5O3/c1-17(18-5-4-11-31-15-18)32-27(36)22-16-35(20-6-2-3-7-20)12-10-24(22)33-28(37)25-14-26(38-34-25)21-9-8-19(29)13-23(21)30/h4-5,8-9,11,13-15,17,20,22,24H,2-3,6-7,10,12,16H2,1H3,(H,32,36)(H,33,37)/t17-,22+,24+/m1/s1. The predicted molar refractivity (Wildman–Crippen MR) is 136 cm³/mol. The number of nitrogens with one attached hydrogen (secondary N) is 2. The first kappa shape index (κ1) is 26.0. The molecule has 3 atom stereocenters. The van der Waals surface area contributed by atoms with Crippen LogP contribution in [-0.2, 0) is 4.79 Å². The Kier molecular flexibility index (Phi) is 7.78. The summed E-state index contributed by atoms with van der Waals surface area (Å²) in [5, 5.41) is 9.85. The van der Waals surface area contributed by atoms with Crippen LogP contribution >= 0.6 is 0 Å². The van der Waals surface area contributed by atoms with Gasteiger partial charge >= 0.3 is 0 Å². The zero-order valence-electron chi connectivity index (χ0n) is 21.2. The molecule has 2 amide bonds. The van der Waals surface area contributed by atoms with Crippen LogP contribution in [0.3, 0.4) is 0 Å². The highest BCUT2D eigenvalue weighted by Crippen LogP contribution is 2.29. The molecule has 38 heavy (non-hydrogen) atoms. The van der Waals surface area contributed by atoms with Crippen molar-refractivity contribution in [2.24, 2.45) is 5.92 Å². The van der Waals surface area contributed by atoms with E-state index in [0.29, 0.717) is 19.0 Å². The number of hydrogen-bond acceptors (Lipinski definition) is 6. The fourth-order valence-corrected chi connectivity index (χ4v) is 5.49. The van der Waals surface area contributed by atoms with E-state index in [0.717, 1.165) is 37.1 Å². The van der Waals surface area contributed by atoms with Crippen molar-refractivity contribution < 1.29 is 22.9 Å². The third-order valence-corrected chi connectivity index (χ3v) is 7.62. The van der Waals surface area contributed by atoms with E-state index in [-0.39, 0.29) is 29.0 Å². The number of hydrogen-bond donors (Lipinski definition) is 2. The highest BCUT2D eigenvalue weighted by molar-refractivity contribution is 5.94. The third-order valence-electron chi connectivity index (χ3n) is 7.62. The molecule has 1 aliphatic carbocycles. The van der Waals surface area contributed by atoms with Gasteiger partial charge in [-0.2, -0.15) is 0 Å². The Hall–Kier alpha value is -3.66. The van der Waals surface area contributed by atoms with Gasteiger partial charge in [-0.25, -0.2) is 8.78 Å². The van der Waals surface area contributed by atoms with Gasteiger partial charge in [0, 0.05) is 49.7 Å². The summed E-state index contributed by atoms with van der Waals surface area (Å²) in [6, 6.07) is 7.94. The van der Waals surface area contributed by atoms with Crippen molar-refractivity contribution in [3.8, 4) is 11.3 Å². The van der Waals surface area contributed by atoms with Gasteiger partial charge in [0.05, 0.1) is 17.5 Å². The molecule has 200 valence electrons. The lowest BCUT2D eigenvalue weighted by atomic mass is 9.89. The Bertz CT molecular complexity index is 1280. The van der Waals surface area contributed by atoms with Gasteiger partial charge in [-0.05, 0) is 49.9 Å². The number of carbonyl (C=O) groups excluding carboxylic acids is 2. The molecule has 0 bridgehead atoms.